The molecule has 2 rings (SSSR count). The van der Waals surface area contributed by atoms with E-state index < -0.39 is 0 Å². The minimum absolute atomic E-state index is 0.0239. The zero-order valence-corrected chi connectivity index (χ0v) is 9.42. The molecular weight excluding hydrogens is 214 g/mol. The van der Waals surface area contributed by atoms with Crippen molar-refractivity contribution in [2.24, 2.45) is 7.05 Å². The van der Waals surface area contributed by atoms with Gasteiger partial charge in [-0.1, -0.05) is 6.42 Å². The van der Waals surface area contributed by atoms with Gasteiger partial charge in [-0.25, -0.2) is 0 Å². The van der Waals surface area contributed by atoms with Crippen LogP contribution in [0.25, 0.3) is 0 Å². The number of nitrogens with one attached hydrogen (secondary N) is 1. The molecule has 0 spiro atoms. The summed E-state index contributed by atoms with van der Waals surface area (Å²) in [5.41, 5.74) is 1.08. The Morgan fingerprint density at radius 1 is 1.73 bits per heavy atom. The molecule has 0 unspecified atom stereocenters. The highest BCUT2D eigenvalue weighted by Crippen LogP contribution is 2.36. The number of hydrogen-bond donors (Lipinski definition) is 1. The van der Waals surface area contributed by atoms with Gasteiger partial charge in [0, 0.05) is 19.0 Å². The van der Waals surface area contributed by atoms with Crippen molar-refractivity contribution in [1.29, 1.82) is 0 Å². The fourth-order valence-corrected chi connectivity index (χ4v) is 1.75. The molecule has 1 saturated carbocycles. The number of aryl methyl sites for hydroxylation is 1. The number of amides is 1. The molecule has 0 bridgehead atoms. The molecule has 1 aliphatic rings. The second-order valence-corrected chi connectivity index (χ2v) is 4.15. The van der Waals surface area contributed by atoms with E-state index in [1.165, 1.54) is 19.3 Å². The number of anilines is 1. The molecule has 0 atom stereocenters. The first-order valence-electron chi connectivity index (χ1n) is 5.10. The van der Waals surface area contributed by atoms with Crippen LogP contribution in [-0.2, 0) is 11.8 Å². The van der Waals surface area contributed by atoms with Crippen LogP contribution in [0.5, 0.6) is 0 Å². The molecule has 1 fully saturated rings. The molecule has 4 nitrogen and oxygen atoms in total. The molecule has 1 aromatic heterocycles. The van der Waals surface area contributed by atoms with Gasteiger partial charge in [0.2, 0.25) is 5.91 Å². The highest BCUT2D eigenvalue weighted by molar-refractivity contribution is 6.29. The Morgan fingerprint density at radius 2 is 2.47 bits per heavy atom. The summed E-state index contributed by atoms with van der Waals surface area (Å²) in [4.78, 5) is 11.1. The van der Waals surface area contributed by atoms with E-state index in [0.717, 1.165) is 11.5 Å². The Labute approximate surface area is 93.6 Å². The number of hydrogen-bond acceptors (Lipinski definition) is 2. The molecule has 1 N–H and O–H groups in total. The van der Waals surface area contributed by atoms with Crippen molar-refractivity contribution < 1.29 is 4.79 Å². The number of aromatic nitrogens is 2. The molecule has 1 aliphatic carbocycles. The Hall–Kier alpha value is -1.03. The van der Waals surface area contributed by atoms with Gasteiger partial charge < -0.3 is 5.32 Å². The standard InChI is InChI=1S/C10H14ClN3O/c1-14-9(12-10(15)6-11)5-8(13-14)7-3-2-4-7/h5,7H,2-4,6H2,1H3,(H,12,15). The van der Waals surface area contributed by atoms with Crippen LogP contribution in [-0.4, -0.2) is 21.6 Å². The predicted octanol–water partition coefficient (Wildman–Crippen LogP) is 1.86. The largest absolute Gasteiger partial charge is 0.310 e. The minimum Gasteiger partial charge on any atom is -0.310 e. The van der Waals surface area contributed by atoms with Crippen LogP contribution in [0.2, 0.25) is 0 Å². The van der Waals surface area contributed by atoms with Crippen molar-refractivity contribution in [3.05, 3.63) is 11.8 Å². The predicted molar refractivity (Wildman–Crippen MR) is 59.1 cm³/mol. The van der Waals surface area contributed by atoms with E-state index in [0.29, 0.717) is 5.92 Å². The SMILES string of the molecule is Cn1nc(C2CCC2)cc1NC(=O)CCl. The molecule has 0 radical (unpaired) electrons. The molecule has 1 heterocycles. The second kappa shape index (κ2) is 4.23. The summed E-state index contributed by atoms with van der Waals surface area (Å²) in [5, 5.41) is 7.09. The summed E-state index contributed by atoms with van der Waals surface area (Å²) in [7, 11) is 1.83. The number of alkyl halides is 1. The lowest BCUT2D eigenvalue weighted by Crippen LogP contribution is -2.15. The van der Waals surface area contributed by atoms with Gasteiger partial charge in [0.25, 0.3) is 0 Å². The van der Waals surface area contributed by atoms with E-state index >= 15 is 0 Å². The molecule has 82 valence electrons. The lowest BCUT2D eigenvalue weighted by atomic mass is 9.83. The maximum absolute atomic E-state index is 11.1. The fourth-order valence-electron chi connectivity index (χ4n) is 1.69. The minimum atomic E-state index is -0.195. The van der Waals surface area contributed by atoms with Crippen molar-refractivity contribution in [3.8, 4) is 0 Å². The first-order valence-corrected chi connectivity index (χ1v) is 5.64. The zero-order chi connectivity index (χ0) is 10.8. The number of carbonyl (C=O) groups is 1. The van der Waals surface area contributed by atoms with Gasteiger partial charge in [0.05, 0.1) is 5.69 Å². The first-order chi connectivity index (χ1) is 7.20. The van der Waals surface area contributed by atoms with Crippen LogP contribution < -0.4 is 5.32 Å². The Kier molecular flexibility index (Phi) is 2.95. The Bertz CT molecular complexity index is 371. The number of nitrogens with zero attached hydrogens (tertiary/aromatic N) is 2. The van der Waals surface area contributed by atoms with Gasteiger partial charge in [0.1, 0.15) is 11.7 Å². The Morgan fingerprint density at radius 3 is 3.00 bits per heavy atom. The summed E-state index contributed by atoms with van der Waals surface area (Å²) < 4.78 is 1.69. The van der Waals surface area contributed by atoms with Crippen LogP contribution in [0, 0.1) is 0 Å². The van der Waals surface area contributed by atoms with Gasteiger partial charge in [-0.2, -0.15) is 5.10 Å². The van der Waals surface area contributed by atoms with Gasteiger partial charge in [0.15, 0.2) is 0 Å². The van der Waals surface area contributed by atoms with E-state index in [-0.39, 0.29) is 11.8 Å². The fraction of sp³-hybridized carbons (Fsp3) is 0.600. The van der Waals surface area contributed by atoms with E-state index in [4.69, 9.17) is 11.6 Å². The van der Waals surface area contributed by atoms with E-state index in [1.54, 1.807) is 4.68 Å². The monoisotopic (exact) mass is 227 g/mol. The smallest absolute Gasteiger partial charge is 0.240 e. The highest BCUT2D eigenvalue weighted by Gasteiger charge is 2.23. The number of halogens is 1. The van der Waals surface area contributed by atoms with Crippen molar-refractivity contribution >= 4 is 23.3 Å². The summed E-state index contributed by atoms with van der Waals surface area (Å²) in [6.07, 6.45) is 3.70. The summed E-state index contributed by atoms with van der Waals surface area (Å²) in [6.45, 7) is 0. The van der Waals surface area contributed by atoms with Gasteiger partial charge in [-0.3, -0.25) is 9.48 Å². The molecular formula is C10H14ClN3O. The van der Waals surface area contributed by atoms with Gasteiger partial charge in [-0.05, 0) is 12.8 Å². The normalized spacial score (nSPS) is 16.1. The van der Waals surface area contributed by atoms with E-state index in [2.05, 4.69) is 10.4 Å². The average molecular weight is 228 g/mol. The topological polar surface area (TPSA) is 46.9 Å². The van der Waals surface area contributed by atoms with Crippen LogP contribution in [0.15, 0.2) is 6.07 Å². The van der Waals surface area contributed by atoms with Crippen LogP contribution in [0.4, 0.5) is 5.82 Å². The van der Waals surface area contributed by atoms with E-state index in [9.17, 15) is 4.79 Å². The maximum Gasteiger partial charge on any atom is 0.240 e. The van der Waals surface area contributed by atoms with Crippen molar-refractivity contribution in [2.75, 3.05) is 11.2 Å². The molecule has 1 amide bonds. The number of rotatable bonds is 3. The van der Waals surface area contributed by atoms with Crippen molar-refractivity contribution in [3.63, 3.8) is 0 Å². The lowest BCUT2D eigenvalue weighted by Gasteiger charge is -2.22. The quantitative estimate of drug-likeness (QED) is 0.802. The van der Waals surface area contributed by atoms with E-state index in [1.807, 2.05) is 13.1 Å². The molecule has 1 aromatic rings. The average Bonchev–Trinajstić information content (AvgIpc) is 2.44. The molecule has 0 saturated heterocycles. The van der Waals surface area contributed by atoms with Crippen molar-refractivity contribution in [1.82, 2.24) is 9.78 Å². The highest BCUT2D eigenvalue weighted by atomic mass is 35.5. The molecule has 15 heavy (non-hydrogen) atoms. The van der Waals surface area contributed by atoms with Crippen molar-refractivity contribution in [2.45, 2.75) is 25.2 Å². The second-order valence-electron chi connectivity index (χ2n) is 3.89. The Balaban J connectivity index is 2.10. The van der Waals surface area contributed by atoms with Crippen LogP contribution in [0.1, 0.15) is 30.9 Å². The molecule has 5 heteroatoms. The maximum atomic E-state index is 11.1. The third kappa shape index (κ3) is 2.15. The molecule has 0 aliphatic heterocycles. The summed E-state index contributed by atoms with van der Waals surface area (Å²) in [5.74, 6) is 1.09. The molecule has 0 aromatic carbocycles. The lowest BCUT2D eigenvalue weighted by molar-refractivity contribution is -0.114. The summed E-state index contributed by atoms with van der Waals surface area (Å²) >= 11 is 5.42. The van der Waals surface area contributed by atoms with Crippen LogP contribution >= 0.6 is 11.6 Å². The van der Waals surface area contributed by atoms with Crippen LogP contribution in [0.3, 0.4) is 0 Å². The van der Waals surface area contributed by atoms with Gasteiger partial charge in [-0.15, -0.1) is 11.6 Å². The third-order valence-electron chi connectivity index (χ3n) is 2.81. The number of carbonyl (C=O) groups excluding carboxylic acids is 1. The third-order valence-corrected chi connectivity index (χ3v) is 3.05. The first kappa shape index (κ1) is 10.5. The van der Waals surface area contributed by atoms with Gasteiger partial charge >= 0.3 is 0 Å². The summed E-state index contributed by atoms with van der Waals surface area (Å²) in [6, 6.07) is 1.94. The zero-order valence-electron chi connectivity index (χ0n) is 8.66.